The van der Waals surface area contributed by atoms with Crippen molar-refractivity contribution in [2.45, 2.75) is 51.5 Å². The Kier molecular flexibility index (Phi) is 6.03. The standard InChI is InChI=1S/C18H21F5O4/c1-5-25-14-10(7-8-11(19)13(14)20)12-9(3)17(4,18(21,22)23)27-15(12)16(24)26-6-2/h7-9,12,15H,5-6H2,1-4H3/t9-,12-,15?,17+/m0/s1. The topological polar surface area (TPSA) is 44.8 Å². The monoisotopic (exact) mass is 396 g/mol. The third-order valence-electron chi connectivity index (χ3n) is 4.92. The predicted molar refractivity (Wildman–Crippen MR) is 85.4 cm³/mol. The summed E-state index contributed by atoms with van der Waals surface area (Å²) in [5.41, 5.74) is -2.75. The summed E-state index contributed by atoms with van der Waals surface area (Å²) in [5.74, 6) is -6.61. The minimum atomic E-state index is -4.80. The van der Waals surface area contributed by atoms with E-state index >= 15 is 0 Å². The molecule has 2 rings (SSSR count). The molecule has 1 unspecified atom stereocenters. The molecule has 152 valence electrons. The van der Waals surface area contributed by atoms with E-state index in [2.05, 4.69) is 0 Å². The molecule has 27 heavy (non-hydrogen) atoms. The van der Waals surface area contributed by atoms with Crippen LogP contribution in [-0.2, 0) is 14.3 Å². The zero-order valence-electron chi connectivity index (χ0n) is 15.3. The maximum atomic E-state index is 14.3. The first-order chi connectivity index (χ1) is 12.5. The first-order valence-electron chi connectivity index (χ1n) is 8.51. The second kappa shape index (κ2) is 7.61. The van der Waals surface area contributed by atoms with E-state index < -0.39 is 53.1 Å². The molecule has 1 saturated heterocycles. The van der Waals surface area contributed by atoms with Gasteiger partial charge in [-0.1, -0.05) is 13.0 Å². The molecular weight excluding hydrogens is 375 g/mol. The molecule has 1 aromatic carbocycles. The number of alkyl halides is 3. The Morgan fingerprint density at radius 1 is 1.22 bits per heavy atom. The zero-order chi connectivity index (χ0) is 20.6. The van der Waals surface area contributed by atoms with Crippen molar-refractivity contribution in [1.29, 1.82) is 0 Å². The summed E-state index contributed by atoms with van der Waals surface area (Å²) in [6, 6.07) is 1.90. The number of ether oxygens (including phenoxy) is 3. The lowest BCUT2D eigenvalue weighted by molar-refractivity contribution is -0.274. The third-order valence-corrected chi connectivity index (χ3v) is 4.92. The SMILES string of the molecule is CCOC(=O)C1O[C@@](C)(C(F)(F)F)[C@@H](C)[C@H]1c1ccc(F)c(F)c1OCC. The van der Waals surface area contributed by atoms with Crippen molar-refractivity contribution >= 4 is 5.97 Å². The second-order valence-electron chi connectivity index (χ2n) is 6.42. The zero-order valence-corrected chi connectivity index (χ0v) is 15.3. The molecule has 1 heterocycles. The number of carbonyl (C=O) groups is 1. The quantitative estimate of drug-likeness (QED) is 0.548. The molecule has 1 aliphatic rings. The molecule has 0 aliphatic carbocycles. The van der Waals surface area contributed by atoms with Gasteiger partial charge in [0.05, 0.1) is 13.2 Å². The molecule has 0 aromatic heterocycles. The van der Waals surface area contributed by atoms with Gasteiger partial charge in [0.25, 0.3) is 0 Å². The number of rotatable bonds is 5. The van der Waals surface area contributed by atoms with Crippen LogP contribution < -0.4 is 4.74 Å². The average molecular weight is 396 g/mol. The third kappa shape index (κ3) is 3.61. The van der Waals surface area contributed by atoms with Gasteiger partial charge in [0.15, 0.2) is 23.3 Å². The number of carbonyl (C=O) groups excluding carboxylic acids is 1. The van der Waals surface area contributed by atoms with Crippen molar-refractivity contribution in [1.82, 2.24) is 0 Å². The fourth-order valence-corrected chi connectivity index (χ4v) is 3.33. The Morgan fingerprint density at radius 3 is 2.37 bits per heavy atom. The van der Waals surface area contributed by atoms with Crippen LogP contribution >= 0.6 is 0 Å². The fraction of sp³-hybridized carbons (Fsp3) is 0.611. The van der Waals surface area contributed by atoms with Gasteiger partial charge in [0, 0.05) is 17.4 Å². The van der Waals surface area contributed by atoms with Crippen LogP contribution in [0.3, 0.4) is 0 Å². The van der Waals surface area contributed by atoms with Crippen molar-refractivity contribution in [3.05, 3.63) is 29.3 Å². The van der Waals surface area contributed by atoms with Crippen LogP contribution in [0.15, 0.2) is 12.1 Å². The lowest BCUT2D eigenvalue weighted by Gasteiger charge is -2.32. The molecular formula is C18H21F5O4. The number of benzene rings is 1. The highest BCUT2D eigenvalue weighted by atomic mass is 19.4. The van der Waals surface area contributed by atoms with Crippen LogP contribution in [0.25, 0.3) is 0 Å². The van der Waals surface area contributed by atoms with E-state index in [4.69, 9.17) is 14.2 Å². The molecule has 9 heteroatoms. The largest absolute Gasteiger partial charge is 0.490 e. The molecule has 0 spiro atoms. The number of esters is 1. The number of halogens is 5. The van der Waals surface area contributed by atoms with Gasteiger partial charge in [-0.15, -0.1) is 0 Å². The Morgan fingerprint density at radius 2 is 1.85 bits per heavy atom. The van der Waals surface area contributed by atoms with Crippen LogP contribution in [0.2, 0.25) is 0 Å². The fourth-order valence-electron chi connectivity index (χ4n) is 3.33. The van der Waals surface area contributed by atoms with E-state index in [0.29, 0.717) is 0 Å². The van der Waals surface area contributed by atoms with Crippen LogP contribution in [0.1, 0.15) is 39.2 Å². The highest BCUT2D eigenvalue weighted by Gasteiger charge is 2.66. The normalized spacial score (nSPS) is 28.3. The minimum absolute atomic E-state index is 0.0457. The highest BCUT2D eigenvalue weighted by molar-refractivity contribution is 5.77. The summed E-state index contributed by atoms with van der Waals surface area (Å²) >= 11 is 0. The highest BCUT2D eigenvalue weighted by Crippen LogP contribution is 2.55. The van der Waals surface area contributed by atoms with Crippen LogP contribution in [0.4, 0.5) is 22.0 Å². The van der Waals surface area contributed by atoms with E-state index in [9.17, 15) is 26.7 Å². The molecule has 4 nitrogen and oxygen atoms in total. The van der Waals surface area contributed by atoms with Gasteiger partial charge >= 0.3 is 12.1 Å². The lowest BCUT2D eigenvalue weighted by atomic mass is 9.77. The van der Waals surface area contributed by atoms with Crippen molar-refractivity contribution < 1.29 is 41.0 Å². The Bertz CT molecular complexity index is 706. The van der Waals surface area contributed by atoms with Gasteiger partial charge in [0.1, 0.15) is 0 Å². The summed E-state index contributed by atoms with van der Waals surface area (Å²) < 4.78 is 84.0. The van der Waals surface area contributed by atoms with Crippen LogP contribution in [0, 0.1) is 17.6 Å². The first-order valence-corrected chi connectivity index (χ1v) is 8.51. The molecule has 4 atom stereocenters. The molecule has 0 amide bonds. The Balaban J connectivity index is 2.64. The van der Waals surface area contributed by atoms with E-state index in [1.807, 2.05) is 0 Å². The summed E-state index contributed by atoms with van der Waals surface area (Å²) in [4.78, 5) is 12.3. The first kappa shape index (κ1) is 21.4. The van der Waals surface area contributed by atoms with E-state index in [0.717, 1.165) is 19.1 Å². The molecule has 1 aliphatic heterocycles. The van der Waals surface area contributed by atoms with E-state index in [-0.39, 0.29) is 18.8 Å². The summed E-state index contributed by atoms with van der Waals surface area (Å²) in [6.45, 7) is 4.97. The summed E-state index contributed by atoms with van der Waals surface area (Å²) in [7, 11) is 0. The van der Waals surface area contributed by atoms with Gasteiger partial charge < -0.3 is 14.2 Å². The minimum Gasteiger partial charge on any atom is -0.490 e. The van der Waals surface area contributed by atoms with Crippen LogP contribution in [-0.4, -0.2) is 37.1 Å². The number of hydrogen-bond acceptors (Lipinski definition) is 4. The summed E-state index contributed by atoms with van der Waals surface area (Å²) in [5, 5.41) is 0. The van der Waals surface area contributed by atoms with Gasteiger partial charge in [-0.2, -0.15) is 17.6 Å². The Labute approximate surface area is 153 Å². The van der Waals surface area contributed by atoms with Crippen molar-refractivity contribution in [2.75, 3.05) is 13.2 Å². The maximum absolute atomic E-state index is 14.3. The lowest BCUT2D eigenvalue weighted by Crippen LogP contribution is -2.47. The average Bonchev–Trinajstić information content (AvgIpc) is 2.86. The van der Waals surface area contributed by atoms with Crippen molar-refractivity contribution in [3.8, 4) is 5.75 Å². The maximum Gasteiger partial charge on any atom is 0.417 e. The van der Waals surface area contributed by atoms with Crippen molar-refractivity contribution in [3.63, 3.8) is 0 Å². The van der Waals surface area contributed by atoms with Gasteiger partial charge in [-0.25, -0.2) is 9.18 Å². The molecule has 0 radical (unpaired) electrons. The van der Waals surface area contributed by atoms with Crippen LogP contribution in [0.5, 0.6) is 5.75 Å². The molecule has 0 N–H and O–H groups in total. The molecule has 1 aromatic rings. The molecule has 0 bridgehead atoms. The smallest absolute Gasteiger partial charge is 0.417 e. The van der Waals surface area contributed by atoms with Gasteiger partial charge in [0.2, 0.25) is 5.82 Å². The second-order valence-corrected chi connectivity index (χ2v) is 6.42. The van der Waals surface area contributed by atoms with E-state index in [1.165, 1.54) is 20.8 Å². The van der Waals surface area contributed by atoms with E-state index in [1.54, 1.807) is 0 Å². The van der Waals surface area contributed by atoms with Crippen molar-refractivity contribution in [2.24, 2.45) is 5.92 Å². The van der Waals surface area contributed by atoms with Gasteiger partial charge in [-0.05, 0) is 26.8 Å². The number of hydrogen-bond donors (Lipinski definition) is 0. The predicted octanol–water partition coefficient (Wildman–Crippen LogP) is 4.37. The Hall–Kier alpha value is -1.90. The molecule has 1 fully saturated rings. The summed E-state index contributed by atoms with van der Waals surface area (Å²) in [6.07, 6.45) is -6.44. The molecule has 0 saturated carbocycles. The van der Waals surface area contributed by atoms with Gasteiger partial charge in [-0.3, -0.25) is 0 Å².